The fourth-order valence-electron chi connectivity index (χ4n) is 6.06. The largest absolute Gasteiger partial charge is 0.484 e. The van der Waals surface area contributed by atoms with Gasteiger partial charge in [0.25, 0.3) is 5.91 Å². The first kappa shape index (κ1) is 27.2. The summed E-state index contributed by atoms with van der Waals surface area (Å²) in [7, 11) is 0. The lowest BCUT2D eigenvalue weighted by molar-refractivity contribution is -0.137. The number of nitrogens with zero attached hydrogens (tertiary/aromatic N) is 3. The van der Waals surface area contributed by atoms with E-state index in [1.54, 1.807) is 24.3 Å². The molecule has 7 nitrogen and oxygen atoms in total. The van der Waals surface area contributed by atoms with Crippen LogP contribution >= 0.6 is 11.6 Å². The Labute approximate surface area is 221 Å². The topological polar surface area (TPSA) is 65.1 Å². The Morgan fingerprint density at radius 1 is 1.00 bits per heavy atom. The summed E-state index contributed by atoms with van der Waals surface area (Å²) in [5, 5.41) is 3.91. The molecule has 3 fully saturated rings. The number of likely N-dealkylation sites (tertiary alicyclic amines) is 1. The van der Waals surface area contributed by atoms with E-state index in [2.05, 4.69) is 22.0 Å². The van der Waals surface area contributed by atoms with Gasteiger partial charge in [-0.2, -0.15) is 0 Å². The molecule has 2 aliphatic heterocycles. The maximum Gasteiger partial charge on any atom is 0.260 e. The summed E-state index contributed by atoms with van der Waals surface area (Å²) < 4.78 is 5.64. The first-order valence-corrected chi connectivity index (χ1v) is 14.3. The van der Waals surface area contributed by atoms with Crippen LogP contribution in [0, 0.1) is 5.92 Å². The summed E-state index contributed by atoms with van der Waals surface area (Å²) in [6, 6.07) is 7.63. The van der Waals surface area contributed by atoms with Crippen LogP contribution < -0.4 is 10.1 Å². The second-order valence-electron chi connectivity index (χ2n) is 10.7. The van der Waals surface area contributed by atoms with Crippen molar-refractivity contribution in [2.75, 3.05) is 52.4 Å². The zero-order valence-corrected chi connectivity index (χ0v) is 22.6. The second-order valence-corrected chi connectivity index (χ2v) is 11.1. The predicted octanol–water partition coefficient (Wildman–Crippen LogP) is 3.80. The van der Waals surface area contributed by atoms with Gasteiger partial charge in [0.2, 0.25) is 5.91 Å². The van der Waals surface area contributed by atoms with Crippen molar-refractivity contribution in [3.63, 3.8) is 0 Å². The molecule has 2 amide bonds. The number of piperazine rings is 1. The van der Waals surface area contributed by atoms with Gasteiger partial charge in [-0.15, -0.1) is 0 Å². The molecule has 1 aromatic carbocycles. The fraction of sp³-hybridized carbons (Fsp3) is 0.714. The third-order valence-corrected chi connectivity index (χ3v) is 8.47. The van der Waals surface area contributed by atoms with Crippen molar-refractivity contribution in [3.8, 4) is 5.75 Å². The molecular weight excluding hydrogens is 476 g/mol. The standard InChI is InChI=1S/C28H43ClN4O3/c1-22-7-4-5-15-31(22)16-6-14-30-28(35)27(23-8-2-3-9-23)33-19-17-32(18-20-33)26(34)21-36-25-12-10-24(29)11-13-25/h10-13,22-23,27H,2-9,14-21H2,1H3,(H,30,35). The Bertz CT molecular complexity index is 838. The Hall–Kier alpha value is -1.83. The van der Waals surface area contributed by atoms with Gasteiger partial charge in [0.05, 0.1) is 6.04 Å². The van der Waals surface area contributed by atoms with Crippen molar-refractivity contribution in [1.82, 2.24) is 20.0 Å². The highest BCUT2D eigenvalue weighted by atomic mass is 35.5. The van der Waals surface area contributed by atoms with E-state index < -0.39 is 0 Å². The molecule has 8 heteroatoms. The molecule has 200 valence electrons. The molecule has 0 radical (unpaired) electrons. The number of ether oxygens (including phenoxy) is 1. The maximum atomic E-state index is 13.4. The predicted molar refractivity (Wildman–Crippen MR) is 143 cm³/mol. The van der Waals surface area contributed by atoms with Crippen molar-refractivity contribution in [3.05, 3.63) is 29.3 Å². The van der Waals surface area contributed by atoms with Crippen LogP contribution in [0.4, 0.5) is 0 Å². The van der Waals surface area contributed by atoms with Crippen molar-refractivity contribution in [2.45, 2.75) is 70.4 Å². The third-order valence-electron chi connectivity index (χ3n) is 8.21. The molecule has 0 bridgehead atoms. The van der Waals surface area contributed by atoms with E-state index in [1.165, 1.54) is 38.6 Å². The molecular formula is C28H43ClN4O3. The Balaban J connectivity index is 1.23. The highest BCUT2D eigenvalue weighted by Gasteiger charge is 2.37. The van der Waals surface area contributed by atoms with Crippen LogP contribution in [0.3, 0.4) is 0 Å². The number of nitrogens with one attached hydrogen (secondary N) is 1. The first-order chi connectivity index (χ1) is 17.5. The Morgan fingerprint density at radius 2 is 1.69 bits per heavy atom. The molecule has 2 unspecified atom stereocenters. The van der Waals surface area contributed by atoms with E-state index in [-0.39, 0.29) is 24.5 Å². The summed E-state index contributed by atoms with van der Waals surface area (Å²) in [6.45, 7) is 8.05. The van der Waals surface area contributed by atoms with E-state index in [0.717, 1.165) is 45.4 Å². The van der Waals surface area contributed by atoms with E-state index in [1.807, 2.05) is 4.90 Å². The van der Waals surface area contributed by atoms with Crippen molar-refractivity contribution in [1.29, 1.82) is 0 Å². The number of piperidine rings is 1. The van der Waals surface area contributed by atoms with Crippen LogP contribution in [0.15, 0.2) is 24.3 Å². The fourth-order valence-corrected chi connectivity index (χ4v) is 6.18. The molecule has 1 aliphatic carbocycles. The third kappa shape index (κ3) is 7.59. The molecule has 2 saturated heterocycles. The molecule has 2 atom stereocenters. The van der Waals surface area contributed by atoms with Gasteiger partial charge < -0.3 is 19.9 Å². The van der Waals surface area contributed by atoms with Gasteiger partial charge in [-0.1, -0.05) is 30.9 Å². The molecule has 1 saturated carbocycles. The highest BCUT2D eigenvalue weighted by molar-refractivity contribution is 6.30. The van der Waals surface area contributed by atoms with Gasteiger partial charge in [0.1, 0.15) is 5.75 Å². The Morgan fingerprint density at radius 3 is 2.39 bits per heavy atom. The lowest BCUT2D eigenvalue weighted by atomic mass is 9.95. The maximum absolute atomic E-state index is 13.4. The molecule has 0 aromatic heterocycles. The number of amides is 2. The van der Waals surface area contributed by atoms with Gasteiger partial charge in [0.15, 0.2) is 6.61 Å². The van der Waals surface area contributed by atoms with Crippen LogP contribution in [-0.2, 0) is 9.59 Å². The van der Waals surface area contributed by atoms with E-state index >= 15 is 0 Å². The van der Waals surface area contributed by atoms with Crippen molar-refractivity contribution >= 4 is 23.4 Å². The second kappa shape index (κ2) is 13.6. The first-order valence-electron chi connectivity index (χ1n) is 13.9. The Kier molecular flexibility index (Phi) is 10.3. The summed E-state index contributed by atoms with van der Waals surface area (Å²) in [5.41, 5.74) is 0. The summed E-state index contributed by atoms with van der Waals surface area (Å²) in [6.07, 6.45) is 9.59. The highest BCUT2D eigenvalue weighted by Crippen LogP contribution is 2.31. The monoisotopic (exact) mass is 518 g/mol. The van der Waals surface area contributed by atoms with E-state index in [9.17, 15) is 9.59 Å². The zero-order chi connectivity index (χ0) is 25.3. The number of carbonyl (C=O) groups is 2. The van der Waals surface area contributed by atoms with Crippen LogP contribution in [-0.4, -0.2) is 91.0 Å². The number of carbonyl (C=O) groups excluding carboxylic acids is 2. The minimum Gasteiger partial charge on any atom is -0.484 e. The molecule has 1 aromatic rings. The summed E-state index contributed by atoms with van der Waals surface area (Å²) >= 11 is 5.91. The molecule has 0 spiro atoms. The van der Waals surface area contributed by atoms with Gasteiger partial charge >= 0.3 is 0 Å². The number of hydrogen-bond acceptors (Lipinski definition) is 5. The molecule has 1 N–H and O–H groups in total. The number of benzene rings is 1. The summed E-state index contributed by atoms with van der Waals surface area (Å²) in [4.78, 5) is 32.8. The van der Waals surface area contributed by atoms with Gasteiger partial charge in [-0.05, 0) is 75.8 Å². The van der Waals surface area contributed by atoms with Gasteiger partial charge in [-0.25, -0.2) is 0 Å². The minimum absolute atomic E-state index is 0.0154. The van der Waals surface area contributed by atoms with E-state index in [4.69, 9.17) is 16.3 Å². The van der Waals surface area contributed by atoms with Crippen molar-refractivity contribution in [2.24, 2.45) is 5.92 Å². The number of hydrogen-bond donors (Lipinski definition) is 1. The molecule has 36 heavy (non-hydrogen) atoms. The smallest absolute Gasteiger partial charge is 0.260 e. The number of rotatable bonds is 10. The average Bonchev–Trinajstić information content (AvgIpc) is 3.42. The van der Waals surface area contributed by atoms with Crippen LogP contribution in [0.5, 0.6) is 5.75 Å². The molecule has 2 heterocycles. The zero-order valence-electron chi connectivity index (χ0n) is 21.8. The normalized spacial score (nSPS) is 22.9. The molecule has 3 aliphatic rings. The lowest BCUT2D eigenvalue weighted by Gasteiger charge is -2.40. The summed E-state index contributed by atoms with van der Waals surface area (Å²) in [5.74, 6) is 1.22. The minimum atomic E-state index is -0.0796. The van der Waals surface area contributed by atoms with E-state index in [0.29, 0.717) is 35.8 Å². The number of halogens is 1. The molecule has 4 rings (SSSR count). The van der Waals surface area contributed by atoms with Crippen LogP contribution in [0.1, 0.15) is 58.3 Å². The van der Waals surface area contributed by atoms with Crippen LogP contribution in [0.25, 0.3) is 0 Å². The van der Waals surface area contributed by atoms with Crippen LogP contribution in [0.2, 0.25) is 5.02 Å². The SMILES string of the molecule is CC1CCCCN1CCCNC(=O)C(C1CCCC1)N1CCN(C(=O)COc2ccc(Cl)cc2)CC1. The lowest BCUT2D eigenvalue weighted by Crippen LogP contribution is -2.58. The quantitative estimate of drug-likeness (QED) is 0.477. The van der Waals surface area contributed by atoms with Gasteiger partial charge in [0, 0.05) is 50.3 Å². The van der Waals surface area contributed by atoms with Crippen molar-refractivity contribution < 1.29 is 14.3 Å². The van der Waals surface area contributed by atoms with Gasteiger partial charge in [-0.3, -0.25) is 14.5 Å². The average molecular weight is 519 g/mol.